The van der Waals surface area contributed by atoms with Crippen molar-refractivity contribution in [2.75, 3.05) is 76.3 Å². The molecule has 0 unspecified atom stereocenters. The molecule has 11 heteroatoms. The molecule has 2 aromatic carbocycles. The second kappa shape index (κ2) is 10.8. The van der Waals surface area contributed by atoms with Crippen molar-refractivity contribution in [3.63, 3.8) is 0 Å². The van der Waals surface area contributed by atoms with Gasteiger partial charge in [-0.15, -0.1) is 0 Å². The van der Waals surface area contributed by atoms with E-state index in [-0.39, 0.29) is 0 Å². The lowest BCUT2D eigenvalue weighted by Crippen LogP contribution is -2.44. The molecule has 2 saturated heterocycles. The number of para-hydroxylation sites is 1. The van der Waals surface area contributed by atoms with Crippen LogP contribution in [0.1, 0.15) is 0 Å². The molecule has 0 aliphatic carbocycles. The normalized spacial score (nSPS) is 17.0. The number of aromatic nitrogens is 4. The number of hydrogen-bond acceptors (Lipinski definition) is 10. The van der Waals surface area contributed by atoms with E-state index in [9.17, 15) is 0 Å². The zero-order chi connectivity index (χ0) is 27.9. The molecule has 6 aromatic rings. The monoisotopic (exact) mass is 570 g/mol. The van der Waals surface area contributed by atoms with Gasteiger partial charge in [-0.25, -0.2) is 19.9 Å². The van der Waals surface area contributed by atoms with E-state index in [1.54, 1.807) is 12.7 Å². The van der Waals surface area contributed by atoms with Gasteiger partial charge in [0.05, 0.1) is 0 Å². The van der Waals surface area contributed by atoms with Gasteiger partial charge in [-0.2, -0.15) is 0 Å². The summed E-state index contributed by atoms with van der Waals surface area (Å²) in [7, 11) is 4.28. The van der Waals surface area contributed by atoms with Crippen molar-refractivity contribution in [1.29, 1.82) is 0 Å². The largest absolute Gasteiger partial charge is 0.450 e. The Morgan fingerprint density at radius 2 is 1.12 bits per heavy atom. The second-order valence-corrected chi connectivity index (χ2v) is 11.1. The van der Waals surface area contributed by atoms with Crippen LogP contribution < -0.4 is 9.80 Å². The number of piperazine rings is 2. The number of benzene rings is 2. The van der Waals surface area contributed by atoms with Crippen LogP contribution in [-0.2, 0) is 0 Å². The molecule has 0 N–H and O–H groups in total. The zero-order valence-corrected chi connectivity index (χ0v) is 23.9. The van der Waals surface area contributed by atoms with Crippen LogP contribution in [0.5, 0.6) is 0 Å². The molecule has 6 heterocycles. The van der Waals surface area contributed by atoms with E-state index in [1.165, 1.54) is 0 Å². The van der Waals surface area contributed by atoms with Crippen LogP contribution in [0.15, 0.2) is 64.0 Å². The fourth-order valence-corrected chi connectivity index (χ4v) is 5.71. The fourth-order valence-electron chi connectivity index (χ4n) is 5.54. The molecule has 2 fully saturated rings. The number of furan rings is 2. The summed E-state index contributed by atoms with van der Waals surface area (Å²) in [5, 5.41) is 2.68. The van der Waals surface area contributed by atoms with E-state index >= 15 is 0 Å². The van der Waals surface area contributed by atoms with Crippen LogP contribution in [0, 0.1) is 0 Å². The van der Waals surface area contributed by atoms with Crippen molar-refractivity contribution in [2.45, 2.75) is 0 Å². The van der Waals surface area contributed by atoms with Crippen LogP contribution in [0.3, 0.4) is 0 Å². The van der Waals surface area contributed by atoms with Crippen LogP contribution in [0.4, 0.5) is 11.6 Å². The number of nitrogens with zero attached hydrogens (tertiary/aromatic N) is 8. The third kappa shape index (κ3) is 4.92. The van der Waals surface area contributed by atoms with Gasteiger partial charge in [0.2, 0.25) is 0 Å². The van der Waals surface area contributed by atoms with Crippen molar-refractivity contribution in [3.05, 3.63) is 60.1 Å². The summed E-state index contributed by atoms with van der Waals surface area (Å²) in [6.45, 7) is 7.98. The molecule has 0 atom stereocenters. The van der Waals surface area contributed by atoms with E-state index in [0.717, 1.165) is 108 Å². The van der Waals surface area contributed by atoms with Gasteiger partial charge in [0.25, 0.3) is 0 Å². The summed E-state index contributed by atoms with van der Waals surface area (Å²) < 4.78 is 12.0. The van der Waals surface area contributed by atoms with Gasteiger partial charge < -0.3 is 28.4 Å². The average molecular weight is 571 g/mol. The first-order chi connectivity index (χ1) is 20.0. The Bertz CT molecular complexity index is 1840. The van der Waals surface area contributed by atoms with Crippen molar-refractivity contribution in [2.24, 2.45) is 0 Å². The van der Waals surface area contributed by atoms with Gasteiger partial charge in [-0.3, -0.25) is 0 Å². The minimum Gasteiger partial charge on any atom is -0.450 e. The Balaban J connectivity index is 0.000000135. The molecule has 8 rings (SSSR count). The molecule has 2 aliphatic rings. The topological polar surface area (TPSA) is 90.8 Å². The predicted octanol–water partition coefficient (Wildman–Crippen LogP) is 4.91. The highest BCUT2D eigenvalue weighted by atomic mass is 35.5. The van der Waals surface area contributed by atoms with Crippen molar-refractivity contribution < 1.29 is 8.83 Å². The van der Waals surface area contributed by atoms with E-state index in [2.05, 4.69) is 53.6 Å². The SMILES string of the molecule is CN1CCN(c2ncnc3c2oc2ccc(Cl)cc23)CC1.CN1CCN(c2ncnc3c2oc2ccccc23)CC1. The van der Waals surface area contributed by atoms with Gasteiger partial charge in [-0.1, -0.05) is 23.7 Å². The van der Waals surface area contributed by atoms with Gasteiger partial charge in [-0.05, 0) is 44.4 Å². The number of hydrogen-bond donors (Lipinski definition) is 0. The Hall–Kier alpha value is -3.99. The van der Waals surface area contributed by atoms with Crippen molar-refractivity contribution >= 4 is 67.4 Å². The van der Waals surface area contributed by atoms with Crippen molar-refractivity contribution in [1.82, 2.24) is 29.7 Å². The maximum Gasteiger partial charge on any atom is 0.196 e. The van der Waals surface area contributed by atoms with Gasteiger partial charge in [0, 0.05) is 68.2 Å². The minimum atomic E-state index is 0.685. The highest BCUT2D eigenvalue weighted by Crippen LogP contribution is 2.34. The van der Waals surface area contributed by atoms with Gasteiger partial charge >= 0.3 is 0 Å². The maximum atomic E-state index is 6.08. The number of anilines is 2. The molecule has 0 spiro atoms. The van der Waals surface area contributed by atoms with E-state index in [1.807, 2.05) is 42.5 Å². The van der Waals surface area contributed by atoms with Gasteiger partial charge in [0.15, 0.2) is 22.8 Å². The number of fused-ring (bicyclic) bond motifs is 6. The maximum absolute atomic E-state index is 6.08. The first kappa shape index (κ1) is 25.9. The van der Waals surface area contributed by atoms with Crippen molar-refractivity contribution in [3.8, 4) is 0 Å². The van der Waals surface area contributed by atoms with E-state index in [0.29, 0.717) is 5.02 Å². The van der Waals surface area contributed by atoms with E-state index in [4.69, 9.17) is 20.4 Å². The average Bonchev–Trinajstić information content (AvgIpc) is 3.57. The number of likely N-dealkylation sites (N-methyl/N-ethyl adjacent to an activating group) is 2. The number of halogens is 1. The Labute approximate surface area is 242 Å². The molecule has 0 bridgehead atoms. The summed E-state index contributed by atoms with van der Waals surface area (Å²) in [6, 6.07) is 13.6. The third-order valence-corrected chi connectivity index (χ3v) is 8.17. The van der Waals surface area contributed by atoms with Gasteiger partial charge in [0.1, 0.15) is 34.9 Å². The summed E-state index contributed by atoms with van der Waals surface area (Å²) in [5.74, 6) is 1.79. The molecular weight excluding hydrogens is 540 g/mol. The van der Waals surface area contributed by atoms with Crippen LogP contribution in [0.25, 0.3) is 44.1 Å². The third-order valence-electron chi connectivity index (χ3n) is 7.94. The summed E-state index contributed by atoms with van der Waals surface area (Å²) in [4.78, 5) is 26.9. The molecule has 0 amide bonds. The summed E-state index contributed by atoms with van der Waals surface area (Å²) in [6.07, 6.45) is 3.24. The van der Waals surface area contributed by atoms with Crippen LogP contribution in [-0.4, -0.2) is 96.2 Å². The smallest absolute Gasteiger partial charge is 0.196 e. The minimum absolute atomic E-state index is 0.685. The fraction of sp³-hybridized carbons (Fsp3) is 0.333. The molecular formula is C30H31ClN8O2. The molecule has 4 aromatic heterocycles. The summed E-state index contributed by atoms with van der Waals surface area (Å²) in [5.41, 5.74) is 4.96. The molecule has 2 aliphatic heterocycles. The lowest BCUT2D eigenvalue weighted by Gasteiger charge is -2.32. The Kier molecular flexibility index (Phi) is 6.82. The number of rotatable bonds is 2. The second-order valence-electron chi connectivity index (χ2n) is 10.7. The Morgan fingerprint density at radius 3 is 1.71 bits per heavy atom. The lowest BCUT2D eigenvalue weighted by atomic mass is 10.2. The highest BCUT2D eigenvalue weighted by Gasteiger charge is 2.22. The van der Waals surface area contributed by atoms with E-state index < -0.39 is 0 Å². The molecule has 0 saturated carbocycles. The quantitative estimate of drug-likeness (QED) is 0.286. The highest BCUT2D eigenvalue weighted by molar-refractivity contribution is 6.31. The first-order valence-corrected chi connectivity index (χ1v) is 14.2. The molecule has 0 radical (unpaired) electrons. The predicted molar refractivity (Wildman–Crippen MR) is 163 cm³/mol. The Morgan fingerprint density at radius 1 is 0.610 bits per heavy atom. The molecule has 41 heavy (non-hydrogen) atoms. The first-order valence-electron chi connectivity index (χ1n) is 13.9. The lowest BCUT2D eigenvalue weighted by molar-refractivity contribution is 0.312. The van der Waals surface area contributed by atoms with Crippen LogP contribution >= 0.6 is 11.6 Å². The standard InChI is InChI=1S/C15H15ClN4O.C15H16N4O/c1-19-4-6-20(7-5-19)15-14-13(17-9-18-15)11-8-10(16)2-3-12(11)21-14;1-18-6-8-19(9-7-18)15-14-13(16-10-17-15)11-4-2-3-5-12(11)20-14/h2-3,8-9H,4-7H2,1H3;2-5,10H,6-9H2,1H3. The van der Waals surface area contributed by atoms with Crippen LogP contribution in [0.2, 0.25) is 5.02 Å². The molecule has 210 valence electrons. The molecule has 10 nitrogen and oxygen atoms in total. The summed E-state index contributed by atoms with van der Waals surface area (Å²) >= 11 is 6.08. The zero-order valence-electron chi connectivity index (χ0n) is 23.1.